The van der Waals surface area contributed by atoms with Crippen LogP contribution in [0.25, 0.3) is 5.70 Å². The first-order chi connectivity index (χ1) is 9.74. The van der Waals surface area contributed by atoms with Crippen LogP contribution in [0.2, 0.25) is 0 Å². The predicted molar refractivity (Wildman–Crippen MR) is 79.8 cm³/mol. The molecule has 1 saturated carbocycles. The Kier molecular flexibility index (Phi) is 3.78. The molecule has 1 aliphatic carbocycles. The van der Waals surface area contributed by atoms with Gasteiger partial charge in [0.25, 0.3) is 0 Å². The predicted octanol–water partition coefficient (Wildman–Crippen LogP) is 1.84. The van der Waals surface area contributed by atoms with E-state index in [1.54, 1.807) is 4.90 Å². The van der Waals surface area contributed by atoms with Crippen LogP contribution in [-0.2, 0) is 9.59 Å². The van der Waals surface area contributed by atoms with Crippen LogP contribution < -0.4 is 5.32 Å². The fraction of sp³-hybridized carbons (Fsp3) is 0.333. The molecular weight excluding hydrogens is 272 g/mol. The number of carbonyl (C=O) groups excluding carboxylic acids is 2. The maximum Gasteiger partial charge on any atom is 0.240 e. The summed E-state index contributed by atoms with van der Waals surface area (Å²) in [6, 6.07) is 10.0. The van der Waals surface area contributed by atoms with Crippen molar-refractivity contribution in [2.45, 2.75) is 18.9 Å². The van der Waals surface area contributed by atoms with Crippen molar-refractivity contribution in [3.63, 3.8) is 0 Å². The minimum Gasteiger partial charge on any atom is -0.352 e. The van der Waals surface area contributed by atoms with Gasteiger partial charge in [0.05, 0.1) is 11.4 Å². The average molecular weight is 288 g/mol. The third-order valence-electron chi connectivity index (χ3n) is 3.31. The van der Waals surface area contributed by atoms with E-state index in [1.807, 2.05) is 35.7 Å². The molecule has 0 bridgehead atoms. The van der Waals surface area contributed by atoms with Crippen LogP contribution in [0.5, 0.6) is 0 Å². The number of carbonyl (C=O) groups is 2. The minimum absolute atomic E-state index is 0.0118. The Bertz CT molecular complexity index is 552. The van der Waals surface area contributed by atoms with E-state index in [0.29, 0.717) is 11.8 Å². The number of nitrogens with one attached hydrogen (secondary N) is 1. The summed E-state index contributed by atoms with van der Waals surface area (Å²) in [6.45, 7) is 0.108. The smallest absolute Gasteiger partial charge is 0.240 e. The molecule has 0 aromatic heterocycles. The molecular formula is C15H16N2O2S. The average Bonchev–Trinajstić information content (AvgIpc) is 3.26. The highest BCUT2D eigenvalue weighted by atomic mass is 32.2. The van der Waals surface area contributed by atoms with Gasteiger partial charge in [-0.2, -0.15) is 0 Å². The van der Waals surface area contributed by atoms with Gasteiger partial charge in [-0.3, -0.25) is 9.59 Å². The Morgan fingerprint density at radius 3 is 2.75 bits per heavy atom. The summed E-state index contributed by atoms with van der Waals surface area (Å²) >= 11 is 1.48. The van der Waals surface area contributed by atoms with Gasteiger partial charge in [-0.05, 0) is 23.8 Å². The van der Waals surface area contributed by atoms with Crippen LogP contribution in [0.3, 0.4) is 0 Å². The maximum absolute atomic E-state index is 12.1. The Morgan fingerprint density at radius 2 is 2.05 bits per heavy atom. The summed E-state index contributed by atoms with van der Waals surface area (Å²) in [5.41, 5.74) is 1.78. The molecule has 1 aromatic rings. The van der Waals surface area contributed by atoms with Gasteiger partial charge in [-0.25, -0.2) is 0 Å². The van der Waals surface area contributed by atoms with Crippen LogP contribution in [0.4, 0.5) is 0 Å². The molecule has 0 unspecified atom stereocenters. The lowest BCUT2D eigenvalue weighted by Crippen LogP contribution is -2.42. The largest absolute Gasteiger partial charge is 0.352 e. The molecule has 20 heavy (non-hydrogen) atoms. The Balaban J connectivity index is 1.77. The molecule has 1 fully saturated rings. The number of thioether (sulfide) groups is 1. The van der Waals surface area contributed by atoms with Gasteiger partial charge in [0.15, 0.2) is 0 Å². The molecule has 1 aliphatic heterocycles. The molecule has 1 aromatic carbocycles. The molecule has 4 nitrogen and oxygen atoms in total. The van der Waals surface area contributed by atoms with Crippen molar-refractivity contribution in [1.29, 1.82) is 0 Å². The molecule has 0 radical (unpaired) electrons. The number of nitrogens with zero attached hydrogens (tertiary/aromatic N) is 1. The standard InChI is InChI=1S/C15H16N2O2S/c18-14(16-12-6-7-12)8-17-13(9-20-10-15(17)19)11-4-2-1-3-5-11/h1-5,9,12H,6-8,10H2,(H,16,18). The highest BCUT2D eigenvalue weighted by Gasteiger charge is 2.28. The van der Waals surface area contributed by atoms with E-state index in [2.05, 4.69) is 5.32 Å². The van der Waals surface area contributed by atoms with E-state index >= 15 is 0 Å². The summed E-state index contributed by atoms with van der Waals surface area (Å²) in [4.78, 5) is 25.6. The molecule has 2 amide bonds. The van der Waals surface area contributed by atoms with Gasteiger partial charge in [0.1, 0.15) is 6.54 Å². The van der Waals surface area contributed by atoms with Crippen molar-refractivity contribution in [2.24, 2.45) is 0 Å². The first-order valence-electron chi connectivity index (χ1n) is 6.71. The molecule has 0 saturated heterocycles. The summed E-state index contributed by atoms with van der Waals surface area (Å²) in [5, 5.41) is 4.89. The van der Waals surface area contributed by atoms with Crippen LogP contribution in [0.15, 0.2) is 35.7 Å². The highest BCUT2D eigenvalue weighted by molar-refractivity contribution is 8.03. The summed E-state index contributed by atoms with van der Waals surface area (Å²) < 4.78 is 0. The normalized spacial score (nSPS) is 18.7. The van der Waals surface area contributed by atoms with Gasteiger partial charge >= 0.3 is 0 Å². The Morgan fingerprint density at radius 1 is 1.30 bits per heavy atom. The fourth-order valence-corrected chi connectivity index (χ4v) is 2.92. The number of rotatable bonds is 4. The van der Waals surface area contributed by atoms with Crippen LogP contribution >= 0.6 is 11.8 Å². The first kappa shape index (κ1) is 13.2. The molecule has 1 N–H and O–H groups in total. The number of hydrogen-bond acceptors (Lipinski definition) is 3. The monoisotopic (exact) mass is 288 g/mol. The highest BCUT2D eigenvalue weighted by Crippen LogP contribution is 2.28. The van der Waals surface area contributed by atoms with E-state index in [0.717, 1.165) is 24.1 Å². The molecule has 1 heterocycles. The van der Waals surface area contributed by atoms with Crippen LogP contribution in [-0.4, -0.2) is 35.1 Å². The lowest BCUT2D eigenvalue weighted by Gasteiger charge is -2.28. The molecule has 3 rings (SSSR count). The summed E-state index contributed by atoms with van der Waals surface area (Å²) in [7, 11) is 0. The van der Waals surface area contributed by atoms with Gasteiger partial charge < -0.3 is 10.2 Å². The van der Waals surface area contributed by atoms with Crippen molar-refractivity contribution in [3.05, 3.63) is 41.3 Å². The quantitative estimate of drug-likeness (QED) is 0.919. The van der Waals surface area contributed by atoms with E-state index in [9.17, 15) is 9.59 Å². The van der Waals surface area contributed by atoms with Gasteiger partial charge in [0, 0.05) is 6.04 Å². The lowest BCUT2D eigenvalue weighted by molar-refractivity contribution is -0.131. The van der Waals surface area contributed by atoms with Gasteiger partial charge in [-0.15, -0.1) is 11.8 Å². The summed E-state index contributed by atoms with van der Waals surface area (Å²) in [5.74, 6) is 0.310. The minimum atomic E-state index is -0.0745. The second kappa shape index (κ2) is 5.71. The lowest BCUT2D eigenvalue weighted by atomic mass is 10.1. The Hall–Kier alpha value is -1.75. The van der Waals surface area contributed by atoms with Crippen molar-refractivity contribution in [3.8, 4) is 0 Å². The third-order valence-corrected chi connectivity index (χ3v) is 4.11. The third kappa shape index (κ3) is 3.04. The van der Waals surface area contributed by atoms with Crippen molar-refractivity contribution < 1.29 is 9.59 Å². The van der Waals surface area contributed by atoms with Crippen molar-refractivity contribution >= 4 is 29.3 Å². The number of amides is 2. The second-order valence-electron chi connectivity index (χ2n) is 5.00. The van der Waals surface area contributed by atoms with E-state index in [1.165, 1.54) is 11.8 Å². The molecule has 2 aliphatic rings. The molecule has 104 valence electrons. The van der Waals surface area contributed by atoms with E-state index < -0.39 is 0 Å². The Labute approximate surface area is 122 Å². The number of hydrogen-bond donors (Lipinski definition) is 1. The molecule has 0 spiro atoms. The van der Waals surface area contributed by atoms with Crippen molar-refractivity contribution in [1.82, 2.24) is 10.2 Å². The number of benzene rings is 1. The van der Waals surface area contributed by atoms with Crippen LogP contribution in [0, 0.1) is 0 Å². The molecule has 5 heteroatoms. The van der Waals surface area contributed by atoms with Gasteiger partial charge in [0.2, 0.25) is 11.8 Å². The summed E-state index contributed by atoms with van der Waals surface area (Å²) in [6.07, 6.45) is 2.10. The zero-order chi connectivity index (χ0) is 13.9. The second-order valence-corrected chi connectivity index (χ2v) is 5.86. The maximum atomic E-state index is 12.1. The zero-order valence-corrected chi connectivity index (χ0v) is 11.9. The molecule has 0 atom stereocenters. The fourth-order valence-electron chi connectivity index (χ4n) is 2.12. The zero-order valence-electron chi connectivity index (χ0n) is 11.0. The SMILES string of the molecule is O=C(CN1C(=O)CSC=C1c1ccccc1)NC1CC1. The van der Waals surface area contributed by atoms with Gasteiger partial charge in [-0.1, -0.05) is 30.3 Å². The first-order valence-corrected chi connectivity index (χ1v) is 7.76. The van der Waals surface area contributed by atoms with E-state index in [4.69, 9.17) is 0 Å². The van der Waals surface area contributed by atoms with E-state index in [-0.39, 0.29) is 18.4 Å². The van der Waals surface area contributed by atoms with Crippen molar-refractivity contribution in [2.75, 3.05) is 12.3 Å². The topological polar surface area (TPSA) is 49.4 Å². The van der Waals surface area contributed by atoms with Crippen LogP contribution in [0.1, 0.15) is 18.4 Å².